The predicted molar refractivity (Wildman–Crippen MR) is 145 cm³/mol. The molecule has 0 spiro atoms. The number of carbonyl (C=O) groups excluding carboxylic acids is 4. The number of hydrogen-bond donors (Lipinski definition) is 2. The van der Waals surface area contributed by atoms with E-state index in [0.717, 1.165) is 4.90 Å². The van der Waals surface area contributed by atoms with Crippen LogP contribution in [0, 0.1) is 0 Å². The number of rotatable bonds is 9. The van der Waals surface area contributed by atoms with E-state index in [1.807, 2.05) is 6.92 Å². The molecular formula is C28H24ClN3O7. The van der Waals surface area contributed by atoms with Gasteiger partial charge in [0.15, 0.2) is 18.1 Å². The SMILES string of the molecule is CCOc1ccc(N2C(=O)NC(=O)/C(=C\c3ccc(OCC(=O)Nc4ccccc4Cl)c(OC)c3)C2=O)cc1. The molecule has 39 heavy (non-hydrogen) atoms. The Bertz CT molecular complexity index is 1450. The second-order valence-electron chi connectivity index (χ2n) is 8.11. The van der Waals surface area contributed by atoms with Crippen molar-refractivity contribution in [2.24, 2.45) is 0 Å². The maximum Gasteiger partial charge on any atom is 0.335 e. The molecule has 1 fully saturated rings. The third-order valence-corrected chi connectivity index (χ3v) is 5.84. The molecule has 3 aromatic carbocycles. The molecule has 0 saturated carbocycles. The van der Waals surface area contributed by atoms with Gasteiger partial charge in [-0.3, -0.25) is 19.7 Å². The summed E-state index contributed by atoms with van der Waals surface area (Å²) in [5.41, 5.74) is 0.906. The zero-order valence-electron chi connectivity index (χ0n) is 21.0. The minimum Gasteiger partial charge on any atom is -0.494 e. The van der Waals surface area contributed by atoms with Gasteiger partial charge in [-0.15, -0.1) is 0 Å². The zero-order valence-corrected chi connectivity index (χ0v) is 21.8. The lowest BCUT2D eigenvalue weighted by Gasteiger charge is -2.26. The van der Waals surface area contributed by atoms with Crippen LogP contribution in [0.1, 0.15) is 12.5 Å². The van der Waals surface area contributed by atoms with Crippen LogP contribution in [0.25, 0.3) is 6.08 Å². The van der Waals surface area contributed by atoms with E-state index in [1.54, 1.807) is 54.6 Å². The van der Waals surface area contributed by atoms with E-state index in [4.69, 9.17) is 25.8 Å². The number of anilines is 2. The van der Waals surface area contributed by atoms with Crippen LogP contribution in [0.4, 0.5) is 16.2 Å². The van der Waals surface area contributed by atoms with Crippen LogP contribution in [-0.2, 0) is 14.4 Å². The molecule has 0 radical (unpaired) electrons. The summed E-state index contributed by atoms with van der Waals surface area (Å²) in [5, 5.41) is 5.23. The second-order valence-corrected chi connectivity index (χ2v) is 8.52. The van der Waals surface area contributed by atoms with Crippen LogP contribution in [0.2, 0.25) is 5.02 Å². The first-order chi connectivity index (χ1) is 18.8. The van der Waals surface area contributed by atoms with Gasteiger partial charge in [-0.2, -0.15) is 0 Å². The van der Waals surface area contributed by atoms with E-state index in [-0.39, 0.29) is 29.4 Å². The third kappa shape index (κ3) is 6.36. The highest BCUT2D eigenvalue weighted by Crippen LogP contribution is 2.30. The largest absolute Gasteiger partial charge is 0.494 e. The summed E-state index contributed by atoms with van der Waals surface area (Å²) in [6.07, 6.45) is 1.34. The van der Waals surface area contributed by atoms with Crippen molar-refractivity contribution in [3.05, 3.63) is 82.9 Å². The molecule has 5 amide bonds. The van der Waals surface area contributed by atoms with Crippen molar-refractivity contribution in [2.75, 3.05) is 30.5 Å². The van der Waals surface area contributed by atoms with Crippen molar-refractivity contribution in [1.82, 2.24) is 5.32 Å². The number of imide groups is 2. The van der Waals surface area contributed by atoms with Crippen molar-refractivity contribution < 1.29 is 33.4 Å². The summed E-state index contributed by atoms with van der Waals surface area (Å²) in [7, 11) is 1.41. The average Bonchev–Trinajstić information content (AvgIpc) is 2.92. The van der Waals surface area contributed by atoms with Gasteiger partial charge in [0.25, 0.3) is 17.7 Å². The molecule has 0 bridgehead atoms. The number of methoxy groups -OCH3 is 1. The summed E-state index contributed by atoms with van der Waals surface area (Å²) in [4.78, 5) is 51.3. The number of hydrogen-bond acceptors (Lipinski definition) is 7. The second kappa shape index (κ2) is 12.1. The van der Waals surface area contributed by atoms with E-state index in [9.17, 15) is 19.2 Å². The zero-order chi connectivity index (χ0) is 27.9. The van der Waals surface area contributed by atoms with Crippen LogP contribution in [0.5, 0.6) is 17.2 Å². The molecule has 3 aromatic rings. The first kappa shape index (κ1) is 27.2. The standard InChI is InChI=1S/C28H24ClN3O7/c1-3-38-19-11-9-18(10-12-19)32-27(35)20(26(34)31-28(32)36)14-17-8-13-23(24(15-17)37-2)39-16-25(33)30-22-7-5-4-6-21(22)29/h4-15H,3,16H2,1-2H3,(H,30,33)(H,31,34,36)/b20-14+. The van der Waals surface area contributed by atoms with Crippen LogP contribution in [0.15, 0.2) is 72.3 Å². The fourth-order valence-electron chi connectivity index (χ4n) is 3.70. The van der Waals surface area contributed by atoms with Crippen LogP contribution < -0.4 is 29.7 Å². The lowest BCUT2D eigenvalue weighted by molar-refractivity contribution is -0.122. The molecule has 0 unspecified atom stereocenters. The molecule has 1 heterocycles. The van der Waals surface area contributed by atoms with E-state index in [2.05, 4.69) is 10.6 Å². The number of barbiturate groups is 1. The Morgan fingerprint density at radius 3 is 2.44 bits per heavy atom. The van der Waals surface area contributed by atoms with E-state index < -0.39 is 23.8 Å². The molecule has 11 heteroatoms. The average molecular weight is 550 g/mol. The van der Waals surface area contributed by atoms with Crippen molar-refractivity contribution in [3.63, 3.8) is 0 Å². The van der Waals surface area contributed by atoms with Crippen LogP contribution >= 0.6 is 11.6 Å². The predicted octanol–water partition coefficient (Wildman–Crippen LogP) is 4.43. The van der Waals surface area contributed by atoms with Crippen molar-refractivity contribution in [2.45, 2.75) is 6.92 Å². The Morgan fingerprint density at radius 1 is 1.00 bits per heavy atom. The normalized spacial score (nSPS) is 14.2. The quantitative estimate of drug-likeness (QED) is 0.299. The molecule has 0 aromatic heterocycles. The topological polar surface area (TPSA) is 123 Å². The Labute approximate surface area is 229 Å². The van der Waals surface area contributed by atoms with Gasteiger partial charge in [0.1, 0.15) is 11.3 Å². The first-order valence-electron chi connectivity index (χ1n) is 11.8. The van der Waals surface area contributed by atoms with Crippen LogP contribution in [0.3, 0.4) is 0 Å². The molecule has 1 aliphatic rings. The smallest absolute Gasteiger partial charge is 0.335 e. The van der Waals surface area contributed by atoms with Crippen molar-refractivity contribution in [3.8, 4) is 17.2 Å². The van der Waals surface area contributed by atoms with E-state index in [1.165, 1.54) is 25.3 Å². The Hall–Kier alpha value is -4.83. The van der Waals surface area contributed by atoms with E-state index >= 15 is 0 Å². The number of para-hydroxylation sites is 1. The van der Waals surface area contributed by atoms with Gasteiger partial charge in [0, 0.05) is 0 Å². The number of ether oxygens (including phenoxy) is 3. The maximum atomic E-state index is 13.2. The summed E-state index contributed by atoms with van der Waals surface area (Å²) in [6, 6.07) is 16.9. The Balaban J connectivity index is 1.50. The fraction of sp³-hybridized carbons (Fsp3) is 0.143. The number of amides is 5. The lowest BCUT2D eigenvalue weighted by Crippen LogP contribution is -2.54. The minimum atomic E-state index is -0.859. The van der Waals surface area contributed by atoms with Gasteiger partial charge >= 0.3 is 6.03 Å². The highest BCUT2D eigenvalue weighted by atomic mass is 35.5. The highest BCUT2D eigenvalue weighted by molar-refractivity contribution is 6.39. The van der Waals surface area contributed by atoms with Gasteiger partial charge < -0.3 is 19.5 Å². The van der Waals surface area contributed by atoms with Crippen LogP contribution in [-0.4, -0.2) is 44.1 Å². The number of urea groups is 1. The number of carbonyl (C=O) groups is 4. The summed E-state index contributed by atoms with van der Waals surface area (Å²) < 4.78 is 16.4. The summed E-state index contributed by atoms with van der Waals surface area (Å²) in [6.45, 7) is 1.99. The molecule has 10 nitrogen and oxygen atoms in total. The highest BCUT2D eigenvalue weighted by Gasteiger charge is 2.36. The van der Waals surface area contributed by atoms with Gasteiger partial charge in [0.05, 0.1) is 30.1 Å². The molecule has 200 valence electrons. The number of benzene rings is 3. The molecule has 4 rings (SSSR count). The number of nitrogens with one attached hydrogen (secondary N) is 2. The van der Waals surface area contributed by atoms with Gasteiger partial charge in [-0.1, -0.05) is 29.8 Å². The first-order valence-corrected chi connectivity index (χ1v) is 12.2. The van der Waals surface area contributed by atoms with Gasteiger partial charge in [-0.25, -0.2) is 9.69 Å². The summed E-state index contributed by atoms with van der Waals surface area (Å²) in [5.74, 6) is -0.947. The molecule has 2 N–H and O–H groups in total. The minimum absolute atomic E-state index is 0.252. The number of halogens is 1. The van der Waals surface area contributed by atoms with Gasteiger partial charge in [0.2, 0.25) is 0 Å². The monoisotopic (exact) mass is 549 g/mol. The number of nitrogens with zero attached hydrogens (tertiary/aromatic N) is 1. The molecule has 1 aliphatic heterocycles. The molecular weight excluding hydrogens is 526 g/mol. The van der Waals surface area contributed by atoms with Crippen molar-refractivity contribution in [1.29, 1.82) is 0 Å². The third-order valence-electron chi connectivity index (χ3n) is 5.51. The molecule has 1 saturated heterocycles. The van der Waals surface area contributed by atoms with Crippen molar-refractivity contribution >= 4 is 52.8 Å². The molecule has 0 aliphatic carbocycles. The molecule has 0 atom stereocenters. The van der Waals surface area contributed by atoms with E-state index in [0.29, 0.717) is 28.6 Å². The maximum absolute atomic E-state index is 13.2. The lowest BCUT2D eigenvalue weighted by atomic mass is 10.1. The summed E-state index contributed by atoms with van der Waals surface area (Å²) >= 11 is 6.06. The Morgan fingerprint density at radius 2 is 1.74 bits per heavy atom. The fourth-order valence-corrected chi connectivity index (χ4v) is 3.89. The Kier molecular flexibility index (Phi) is 8.47. The van der Waals surface area contributed by atoms with Gasteiger partial charge in [-0.05, 0) is 67.1 Å².